The van der Waals surface area contributed by atoms with Gasteiger partial charge in [-0.1, -0.05) is 60.2 Å². The molecular formula is C23H23N3O. The molecule has 1 aliphatic rings. The summed E-state index contributed by atoms with van der Waals surface area (Å²) in [4.78, 5) is 14.0. The Morgan fingerprint density at radius 1 is 1.07 bits per heavy atom. The van der Waals surface area contributed by atoms with Crippen LogP contribution in [0.1, 0.15) is 23.1 Å². The van der Waals surface area contributed by atoms with Gasteiger partial charge in [0.2, 0.25) is 5.91 Å². The Hall–Kier alpha value is -3.14. The molecular weight excluding hydrogens is 334 g/mol. The molecule has 1 fully saturated rings. The molecule has 0 atom stereocenters. The summed E-state index contributed by atoms with van der Waals surface area (Å²) >= 11 is 0. The third kappa shape index (κ3) is 4.00. The van der Waals surface area contributed by atoms with Crippen molar-refractivity contribution in [1.29, 1.82) is 0 Å². The van der Waals surface area contributed by atoms with Crippen molar-refractivity contribution in [2.75, 3.05) is 13.1 Å². The Bertz CT molecular complexity index is 951. The highest BCUT2D eigenvalue weighted by Gasteiger charge is 2.18. The Balaban J connectivity index is 1.63. The Labute approximate surface area is 159 Å². The average Bonchev–Trinajstić information content (AvgIpc) is 3.04. The highest BCUT2D eigenvalue weighted by Crippen LogP contribution is 2.24. The van der Waals surface area contributed by atoms with Gasteiger partial charge in [0.05, 0.1) is 12.2 Å². The van der Waals surface area contributed by atoms with Crippen molar-refractivity contribution >= 4 is 12.0 Å². The summed E-state index contributed by atoms with van der Waals surface area (Å²) in [5.41, 5.74) is 5.36. The first-order valence-corrected chi connectivity index (χ1v) is 9.34. The van der Waals surface area contributed by atoms with E-state index in [2.05, 4.69) is 31.2 Å². The van der Waals surface area contributed by atoms with Gasteiger partial charge in [-0.05, 0) is 25.0 Å². The number of hydrogen-bond acceptors (Lipinski definition) is 2. The van der Waals surface area contributed by atoms with E-state index in [1.54, 1.807) is 6.08 Å². The Morgan fingerprint density at radius 2 is 1.81 bits per heavy atom. The van der Waals surface area contributed by atoms with E-state index in [0.29, 0.717) is 6.54 Å². The molecule has 0 bridgehead atoms. The van der Waals surface area contributed by atoms with Gasteiger partial charge in [0, 0.05) is 36.5 Å². The first kappa shape index (κ1) is 17.3. The predicted octanol–water partition coefficient (Wildman–Crippen LogP) is 4.15. The maximum absolute atomic E-state index is 12.2. The standard InChI is InChI=1S/C23H23N3O/c1-18-8-10-19(11-9-18)16-26-17-21(12-13-22(27)25-14-5-15-25)23(24-26)20-6-3-2-4-7-20/h2-4,6-13,17H,5,14-16H2,1H3/b13-12+. The van der Waals surface area contributed by atoms with Crippen molar-refractivity contribution in [2.45, 2.75) is 19.9 Å². The molecule has 1 aromatic heterocycles. The van der Waals surface area contributed by atoms with Gasteiger partial charge in [0.25, 0.3) is 0 Å². The van der Waals surface area contributed by atoms with Crippen LogP contribution in [0.2, 0.25) is 0 Å². The minimum Gasteiger partial charge on any atom is -0.339 e. The highest BCUT2D eigenvalue weighted by molar-refractivity contribution is 5.93. The summed E-state index contributed by atoms with van der Waals surface area (Å²) in [6.45, 7) is 4.51. The zero-order valence-electron chi connectivity index (χ0n) is 15.5. The molecule has 0 N–H and O–H groups in total. The minimum atomic E-state index is 0.0755. The molecule has 3 aromatic rings. The van der Waals surface area contributed by atoms with Crippen molar-refractivity contribution in [3.05, 3.63) is 83.6 Å². The largest absolute Gasteiger partial charge is 0.339 e. The molecule has 4 rings (SSSR count). The van der Waals surface area contributed by atoms with Crippen LogP contribution in [-0.4, -0.2) is 33.7 Å². The van der Waals surface area contributed by atoms with Gasteiger partial charge in [-0.15, -0.1) is 0 Å². The second-order valence-corrected chi connectivity index (χ2v) is 6.99. The van der Waals surface area contributed by atoms with Crippen molar-refractivity contribution < 1.29 is 4.79 Å². The predicted molar refractivity (Wildman–Crippen MR) is 108 cm³/mol. The molecule has 0 saturated carbocycles. The number of benzene rings is 2. The number of amides is 1. The molecule has 2 heterocycles. The number of rotatable bonds is 5. The summed E-state index contributed by atoms with van der Waals surface area (Å²) in [5, 5.41) is 4.80. The summed E-state index contributed by atoms with van der Waals surface area (Å²) < 4.78 is 1.95. The van der Waals surface area contributed by atoms with E-state index < -0.39 is 0 Å². The number of nitrogens with zero attached hydrogens (tertiary/aromatic N) is 3. The van der Waals surface area contributed by atoms with Gasteiger partial charge in [-0.3, -0.25) is 9.48 Å². The SMILES string of the molecule is Cc1ccc(Cn2cc(/C=C/C(=O)N3CCC3)c(-c3ccccc3)n2)cc1. The second kappa shape index (κ2) is 7.62. The fourth-order valence-corrected chi connectivity index (χ4v) is 3.14. The van der Waals surface area contributed by atoms with Gasteiger partial charge in [0.1, 0.15) is 0 Å². The molecule has 136 valence electrons. The van der Waals surface area contributed by atoms with Crippen molar-refractivity contribution in [1.82, 2.24) is 14.7 Å². The lowest BCUT2D eigenvalue weighted by Gasteiger charge is -2.29. The summed E-state index contributed by atoms with van der Waals surface area (Å²) in [5.74, 6) is 0.0755. The molecule has 1 saturated heterocycles. The zero-order valence-corrected chi connectivity index (χ0v) is 15.5. The molecule has 1 aliphatic heterocycles. The molecule has 27 heavy (non-hydrogen) atoms. The van der Waals surface area contributed by atoms with Gasteiger partial charge in [0.15, 0.2) is 0 Å². The molecule has 0 radical (unpaired) electrons. The lowest BCUT2D eigenvalue weighted by atomic mass is 10.1. The van der Waals surface area contributed by atoms with E-state index in [4.69, 9.17) is 5.10 Å². The molecule has 0 unspecified atom stereocenters. The van der Waals surface area contributed by atoms with Gasteiger partial charge in [-0.25, -0.2) is 0 Å². The van der Waals surface area contributed by atoms with E-state index >= 15 is 0 Å². The van der Waals surface area contributed by atoms with E-state index in [1.807, 2.05) is 52.2 Å². The number of hydrogen-bond donors (Lipinski definition) is 0. The lowest BCUT2D eigenvalue weighted by Crippen LogP contribution is -2.40. The monoisotopic (exact) mass is 357 g/mol. The topological polar surface area (TPSA) is 38.1 Å². The molecule has 4 heteroatoms. The first-order valence-electron chi connectivity index (χ1n) is 9.34. The Kier molecular flexibility index (Phi) is 4.88. The summed E-state index contributed by atoms with van der Waals surface area (Å²) in [7, 11) is 0. The van der Waals surface area contributed by atoms with Crippen LogP contribution >= 0.6 is 0 Å². The lowest BCUT2D eigenvalue weighted by molar-refractivity contribution is -0.129. The number of likely N-dealkylation sites (tertiary alicyclic amines) is 1. The normalized spacial score (nSPS) is 13.7. The number of carbonyl (C=O) groups is 1. The maximum atomic E-state index is 12.2. The third-order valence-electron chi connectivity index (χ3n) is 4.88. The molecule has 1 amide bonds. The number of aryl methyl sites for hydroxylation is 1. The zero-order chi connectivity index (χ0) is 18.6. The smallest absolute Gasteiger partial charge is 0.246 e. The summed E-state index contributed by atoms with van der Waals surface area (Å²) in [6.07, 6.45) is 6.67. The minimum absolute atomic E-state index is 0.0755. The van der Waals surface area contributed by atoms with Crippen molar-refractivity contribution in [2.24, 2.45) is 0 Å². The third-order valence-corrected chi connectivity index (χ3v) is 4.88. The Morgan fingerprint density at radius 3 is 2.48 bits per heavy atom. The number of aromatic nitrogens is 2. The van der Waals surface area contributed by atoms with E-state index in [1.165, 1.54) is 11.1 Å². The molecule has 0 spiro atoms. The highest BCUT2D eigenvalue weighted by atomic mass is 16.2. The van der Waals surface area contributed by atoms with E-state index in [0.717, 1.165) is 36.3 Å². The van der Waals surface area contributed by atoms with Crippen LogP contribution in [0.5, 0.6) is 0 Å². The van der Waals surface area contributed by atoms with Crippen LogP contribution in [0.4, 0.5) is 0 Å². The quantitative estimate of drug-likeness (QED) is 0.643. The van der Waals surface area contributed by atoms with Crippen LogP contribution in [0, 0.1) is 6.92 Å². The van der Waals surface area contributed by atoms with Gasteiger partial charge in [-0.2, -0.15) is 5.10 Å². The van der Waals surface area contributed by atoms with Gasteiger partial charge < -0.3 is 4.90 Å². The van der Waals surface area contributed by atoms with Crippen molar-refractivity contribution in [3.8, 4) is 11.3 Å². The fourth-order valence-electron chi connectivity index (χ4n) is 3.14. The number of carbonyl (C=O) groups excluding carboxylic acids is 1. The molecule has 0 aliphatic carbocycles. The molecule has 4 nitrogen and oxygen atoms in total. The van der Waals surface area contributed by atoms with Crippen LogP contribution in [0.25, 0.3) is 17.3 Å². The molecule has 2 aromatic carbocycles. The van der Waals surface area contributed by atoms with Crippen LogP contribution in [-0.2, 0) is 11.3 Å². The van der Waals surface area contributed by atoms with Gasteiger partial charge >= 0.3 is 0 Å². The second-order valence-electron chi connectivity index (χ2n) is 6.99. The first-order chi connectivity index (χ1) is 13.2. The van der Waals surface area contributed by atoms with E-state index in [-0.39, 0.29) is 5.91 Å². The van der Waals surface area contributed by atoms with Crippen LogP contribution < -0.4 is 0 Å². The average molecular weight is 357 g/mol. The fraction of sp³-hybridized carbons (Fsp3) is 0.217. The maximum Gasteiger partial charge on any atom is 0.246 e. The summed E-state index contributed by atoms with van der Waals surface area (Å²) in [6, 6.07) is 18.6. The van der Waals surface area contributed by atoms with Crippen LogP contribution in [0.3, 0.4) is 0 Å². The van der Waals surface area contributed by atoms with Crippen molar-refractivity contribution in [3.63, 3.8) is 0 Å². The van der Waals surface area contributed by atoms with Crippen LogP contribution in [0.15, 0.2) is 66.9 Å². The van der Waals surface area contributed by atoms with E-state index in [9.17, 15) is 4.79 Å².